The second-order valence-corrected chi connectivity index (χ2v) is 9.64. The number of aromatic nitrogens is 3. The summed E-state index contributed by atoms with van der Waals surface area (Å²) >= 11 is 1.25. The van der Waals surface area contributed by atoms with Crippen molar-refractivity contribution in [3.05, 3.63) is 87.8 Å². The first-order valence-electron chi connectivity index (χ1n) is 11.0. The number of hydrogen-bond acceptors (Lipinski definition) is 5. The number of anilines is 1. The van der Waals surface area contributed by atoms with Gasteiger partial charge in [0.2, 0.25) is 5.91 Å². The fraction of sp³-hybridized carbons (Fsp3) is 0.231. The van der Waals surface area contributed by atoms with Crippen LogP contribution in [0.4, 0.5) is 5.69 Å². The second-order valence-electron chi connectivity index (χ2n) is 8.33. The summed E-state index contributed by atoms with van der Waals surface area (Å²) in [4.78, 5) is 35.5. The van der Waals surface area contributed by atoms with Gasteiger partial charge in [-0.05, 0) is 80.1 Å². The molecule has 0 radical (unpaired) electrons. The number of hydrogen-bond donors (Lipinski definition) is 1. The molecular formula is C26H24N4O2S. The molecule has 33 heavy (non-hydrogen) atoms. The molecule has 4 aromatic rings. The second kappa shape index (κ2) is 8.83. The van der Waals surface area contributed by atoms with Crippen LogP contribution in [0.1, 0.15) is 30.0 Å². The minimum atomic E-state index is -0.469. The van der Waals surface area contributed by atoms with E-state index in [0.717, 1.165) is 30.5 Å². The molecule has 0 saturated carbocycles. The Hall–Kier alpha value is -3.45. The van der Waals surface area contributed by atoms with Crippen LogP contribution in [-0.4, -0.2) is 25.7 Å². The summed E-state index contributed by atoms with van der Waals surface area (Å²) in [7, 11) is 0. The highest BCUT2D eigenvalue weighted by atomic mass is 32.2. The first-order chi connectivity index (χ1) is 16.0. The van der Waals surface area contributed by atoms with Gasteiger partial charge in [0.1, 0.15) is 5.82 Å². The minimum absolute atomic E-state index is 0.135. The number of para-hydroxylation sites is 1. The van der Waals surface area contributed by atoms with Crippen LogP contribution in [0, 0.1) is 6.92 Å². The Kier molecular flexibility index (Phi) is 5.72. The third-order valence-corrected chi connectivity index (χ3v) is 6.94. The fourth-order valence-electron chi connectivity index (χ4n) is 4.09. The highest BCUT2D eigenvalue weighted by Gasteiger charge is 2.21. The largest absolute Gasteiger partial charge is 0.325 e. The van der Waals surface area contributed by atoms with E-state index >= 15 is 0 Å². The Balaban J connectivity index is 1.47. The number of rotatable bonds is 5. The lowest BCUT2D eigenvalue weighted by Crippen LogP contribution is -2.26. The van der Waals surface area contributed by atoms with Crippen molar-refractivity contribution in [3.8, 4) is 5.82 Å². The van der Waals surface area contributed by atoms with E-state index in [-0.39, 0.29) is 11.5 Å². The summed E-state index contributed by atoms with van der Waals surface area (Å²) in [6, 6.07) is 17.1. The highest BCUT2D eigenvalue weighted by Crippen LogP contribution is 2.27. The van der Waals surface area contributed by atoms with Crippen molar-refractivity contribution in [3.63, 3.8) is 0 Å². The van der Waals surface area contributed by atoms with Crippen LogP contribution in [0.3, 0.4) is 0 Å². The molecule has 6 nitrogen and oxygen atoms in total. The molecule has 1 amide bonds. The molecule has 1 aliphatic carbocycles. The average Bonchev–Trinajstić information content (AvgIpc) is 3.28. The Labute approximate surface area is 196 Å². The van der Waals surface area contributed by atoms with Gasteiger partial charge < -0.3 is 5.32 Å². The van der Waals surface area contributed by atoms with Crippen molar-refractivity contribution in [1.82, 2.24) is 14.5 Å². The van der Waals surface area contributed by atoms with Crippen LogP contribution in [0.2, 0.25) is 0 Å². The summed E-state index contributed by atoms with van der Waals surface area (Å²) in [6.07, 6.45) is 5.04. The predicted octanol–water partition coefficient (Wildman–Crippen LogP) is 4.70. The van der Waals surface area contributed by atoms with Gasteiger partial charge in [0.15, 0.2) is 5.16 Å². The van der Waals surface area contributed by atoms with E-state index in [1.165, 1.54) is 27.5 Å². The van der Waals surface area contributed by atoms with Crippen LogP contribution in [0.25, 0.3) is 16.7 Å². The number of carbonyl (C=O) groups excluding carboxylic acids is 1. The van der Waals surface area contributed by atoms with Gasteiger partial charge in [-0.15, -0.1) is 0 Å². The van der Waals surface area contributed by atoms with Crippen LogP contribution < -0.4 is 10.9 Å². The molecule has 0 aliphatic heterocycles. The van der Waals surface area contributed by atoms with Crippen molar-refractivity contribution < 1.29 is 4.79 Å². The molecule has 7 heteroatoms. The van der Waals surface area contributed by atoms with Crippen LogP contribution in [0.5, 0.6) is 0 Å². The van der Waals surface area contributed by atoms with E-state index in [2.05, 4.69) is 22.4 Å². The standard InChI is InChI=1S/C26H24N4O2S/c1-16-10-13-23(27-15-16)30-25(32)21-8-3-4-9-22(21)29-26(30)33-17(2)24(31)28-20-12-11-18-6-5-7-19(18)14-20/h3-4,8-15,17H,5-7H2,1-2H3,(H,28,31). The minimum Gasteiger partial charge on any atom is -0.325 e. The summed E-state index contributed by atoms with van der Waals surface area (Å²) in [5, 5.41) is 3.50. The smallest absolute Gasteiger partial charge is 0.267 e. The lowest BCUT2D eigenvalue weighted by molar-refractivity contribution is -0.115. The molecule has 2 heterocycles. The van der Waals surface area contributed by atoms with Crippen molar-refractivity contribution in [2.75, 3.05) is 5.32 Å². The maximum absolute atomic E-state index is 13.4. The summed E-state index contributed by atoms with van der Waals surface area (Å²) < 4.78 is 1.49. The quantitative estimate of drug-likeness (QED) is 0.348. The Bertz CT molecular complexity index is 1410. The fourth-order valence-corrected chi connectivity index (χ4v) is 5.01. The average molecular weight is 457 g/mol. The summed E-state index contributed by atoms with van der Waals surface area (Å²) in [5.74, 6) is 0.348. The number of carbonyl (C=O) groups is 1. The van der Waals surface area contributed by atoms with Gasteiger partial charge in [-0.25, -0.2) is 14.5 Å². The van der Waals surface area contributed by atoms with Gasteiger partial charge in [-0.2, -0.15) is 0 Å². The van der Waals surface area contributed by atoms with Crippen molar-refractivity contribution >= 4 is 34.3 Å². The van der Waals surface area contributed by atoms with Gasteiger partial charge >= 0.3 is 0 Å². The lowest BCUT2D eigenvalue weighted by Gasteiger charge is -2.16. The van der Waals surface area contributed by atoms with E-state index in [0.29, 0.717) is 21.9 Å². The molecule has 5 rings (SSSR count). The normalized spacial score (nSPS) is 13.6. The third kappa shape index (κ3) is 4.28. The molecule has 1 aliphatic rings. The molecule has 166 valence electrons. The number of pyridine rings is 1. The van der Waals surface area contributed by atoms with Gasteiger partial charge in [0.05, 0.1) is 16.2 Å². The topological polar surface area (TPSA) is 76.9 Å². The molecule has 0 spiro atoms. The number of benzene rings is 2. The van der Waals surface area contributed by atoms with Crippen LogP contribution >= 0.6 is 11.8 Å². The Morgan fingerprint density at radius 2 is 1.91 bits per heavy atom. The van der Waals surface area contributed by atoms with E-state index in [1.807, 2.05) is 44.2 Å². The zero-order valence-electron chi connectivity index (χ0n) is 18.5. The molecule has 1 N–H and O–H groups in total. The zero-order valence-corrected chi connectivity index (χ0v) is 19.4. The molecule has 2 aromatic heterocycles. The maximum Gasteiger partial charge on any atom is 0.267 e. The molecule has 0 fully saturated rings. The Morgan fingerprint density at radius 3 is 2.73 bits per heavy atom. The lowest BCUT2D eigenvalue weighted by atomic mass is 10.1. The number of nitrogens with zero attached hydrogens (tertiary/aromatic N) is 3. The first-order valence-corrected chi connectivity index (χ1v) is 11.9. The first kappa shape index (κ1) is 21.4. The highest BCUT2D eigenvalue weighted by molar-refractivity contribution is 8.00. The third-order valence-electron chi connectivity index (χ3n) is 5.89. The van der Waals surface area contributed by atoms with E-state index in [1.54, 1.807) is 18.3 Å². The van der Waals surface area contributed by atoms with Crippen LogP contribution in [-0.2, 0) is 17.6 Å². The predicted molar refractivity (Wildman–Crippen MR) is 132 cm³/mol. The molecule has 2 aromatic carbocycles. The Morgan fingerprint density at radius 1 is 1.09 bits per heavy atom. The summed E-state index contributed by atoms with van der Waals surface area (Å²) in [5.41, 5.74) is 4.87. The maximum atomic E-state index is 13.4. The van der Waals surface area contributed by atoms with Crippen molar-refractivity contribution in [2.45, 2.75) is 43.5 Å². The monoisotopic (exact) mass is 456 g/mol. The summed E-state index contributed by atoms with van der Waals surface area (Å²) in [6.45, 7) is 3.76. The van der Waals surface area contributed by atoms with Gasteiger partial charge in [-0.1, -0.05) is 36.0 Å². The molecule has 1 unspecified atom stereocenters. The molecule has 0 bridgehead atoms. The van der Waals surface area contributed by atoms with E-state index in [9.17, 15) is 9.59 Å². The van der Waals surface area contributed by atoms with E-state index < -0.39 is 5.25 Å². The zero-order chi connectivity index (χ0) is 22.9. The molecule has 1 atom stereocenters. The van der Waals surface area contributed by atoms with Crippen molar-refractivity contribution in [1.29, 1.82) is 0 Å². The van der Waals surface area contributed by atoms with Gasteiger partial charge in [-0.3, -0.25) is 9.59 Å². The van der Waals surface area contributed by atoms with Crippen LogP contribution in [0.15, 0.2) is 70.7 Å². The van der Waals surface area contributed by atoms with E-state index in [4.69, 9.17) is 4.98 Å². The SMILES string of the molecule is Cc1ccc(-n2c(SC(C)C(=O)Nc3ccc4c(c3)CCC4)nc3ccccc3c2=O)nc1. The number of thioether (sulfide) groups is 1. The number of nitrogens with one attached hydrogen (secondary N) is 1. The molecular weight excluding hydrogens is 432 g/mol. The molecule has 0 saturated heterocycles. The van der Waals surface area contributed by atoms with Crippen molar-refractivity contribution in [2.24, 2.45) is 0 Å². The number of aryl methyl sites for hydroxylation is 3. The van der Waals surface area contributed by atoms with Gasteiger partial charge in [0, 0.05) is 11.9 Å². The number of fused-ring (bicyclic) bond motifs is 2. The van der Waals surface area contributed by atoms with Gasteiger partial charge in [0.25, 0.3) is 5.56 Å². The number of amides is 1.